The molecule has 0 bridgehead atoms. The molecule has 5 rings (SSSR count). The summed E-state index contributed by atoms with van der Waals surface area (Å²) < 4.78 is 0. The third kappa shape index (κ3) is 3.64. The van der Waals surface area contributed by atoms with Crippen LogP contribution in [0.1, 0.15) is 10.5 Å². The molecule has 0 unspecified atom stereocenters. The fourth-order valence-electron chi connectivity index (χ4n) is 3.86. The van der Waals surface area contributed by atoms with Crippen molar-refractivity contribution in [3.05, 3.63) is 66.5 Å². The van der Waals surface area contributed by atoms with Gasteiger partial charge in [-0.15, -0.1) is 0 Å². The van der Waals surface area contributed by atoms with Crippen LogP contribution in [0.5, 0.6) is 0 Å². The SMILES string of the molecule is O=C(Nc1cnc2ccccc2c1)C(=O)N1CCN(C(=O)c2n[nH]c3ccccc23)CC1. The standard InChI is InChI=1S/C23H20N6O3/c30-21(25-16-13-15-5-1-3-7-18(15)24-14-16)23(32)29-11-9-28(10-12-29)22(31)20-17-6-2-4-8-19(17)26-27-20/h1-8,13-14H,9-12H2,(H,25,30)(H,26,27). The van der Waals surface area contributed by atoms with Gasteiger partial charge in [-0.25, -0.2) is 0 Å². The normalized spacial score (nSPS) is 14.0. The Morgan fingerprint density at radius 1 is 0.906 bits per heavy atom. The van der Waals surface area contributed by atoms with Gasteiger partial charge in [0.25, 0.3) is 5.91 Å². The van der Waals surface area contributed by atoms with Gasteiger partial charge >= 0.3 is 11.8 Å². The Kier molecular flexibility index (Phi) is 4.98. The van der Waals surface area contributed by atoms with Crippen molar-refractivity contribution in [1.29, 1.82) is 0 Å². The number of nitrogens with zero attached hydrogens (tertiary/aromatic N) is 4. The highest BCUT2D eigenvalue weighted by Crippen LogP contribution is 2.19. The number of pyridine rings is 1. The summed E-state index contributed by atoms with van der Waals surface area (Å²) in [6.07, 6.45) is 1.53. The summed E-state index contributed by atoms with van der Waals surface area (Å²) in [7, 11) is 0. The second-order valence-electron chi connectivity index (χ2n) is 7.57. The molecule has 1 fully saturated rings. The van der Waals surface area contributed by atoms with Gasteiger partial charge in [0.05, 0.1) is 22.9 Å². The van der Waals surface area contributed by atoms with E-state index in [4.69, 9.17) is 0 Å². The molecule has 1 aliphatic rings. The second-order valence-corrected chi connectivity index (χ2v) is 7.57. The van der Waals surface area contributed by atoms with Crippen LogP contribution in [0.25, 0.3) is 21.8 Å². The number of aromatic amines is 1. The molecule has 0 saturated carbocycles. The lowest BCUT2D eigenvalue weighted by atomic mass is 10.2. The summed E-state index contributed by atoms with van der Waals surface area (Å²) in [5.41, 5.74) is 2.43. The van der Waals surface area contributed by atoms with Gasteiger partial charge in [0.2, 0.25) is 0 Å². The van der Waals surface area contributed by atoms with E-state index >= 15 is 0 Å². The number of rotatable bonds is 2. The minimum absolute atomic E-state index is 0.193. The number of nitrogens with one attached hydrogen (secondary N) is 2. The summed E-state index contributed by atoms with van der Waals surface area (Å²) in [5.74, 6) is -1.54. The molecule has 160 valence electrons. The first kappa shape index (κ1) is 19.7. The smallest absolute Gasteiger partial charge is 0.313 e. The summed E-state index contributed by atoms with van der Waals surface area (Å²) in [5, 5.41) is 11.3. The van der Waals surface area contributed by atoms with Crippen LogP contribution in [0, 0.1) is 0 Å². The van der Waals surface area contributed by atoms with Crippen LogP contribution in [0.15, 0.2) is 60.8 Å². The third-order valence-corrected chi connectivity index (χ3v) is 5.57. The third-order valence-electron chi connectivity index (χ3n) is 5.57. The Hall–Kier alpha value is -4.27. The number of benzene rings is 2. The van der Waals surface area contributed by atoms with E-state index in [-0.39, 0.29) is 19.0 Å². The van der Waals surface area contributed by atoms with Crippen molar-refractivity contribution in [1.82, 2.24) is 25.0 Å². The topological polar surface area (TPSA) is 111 Å². The predicted octanol–water partition coefficient (Wildman–Crippen LogP) is 2.03. The first-order chi connectivity index (χ1) is 15.6. The van der Waals surface area contributed by atoms with Crippen LogP contribution in [0.4, 0.5) is 5.69 Å². The van der Waals surface area contributed by atoms with Crippen molar-refractivity contribution in [3.63, 3.8) is 0 Å². The van der Waals surface area contributed by atoms with Gasteiger partial charge in [0, 0.05) is 37.0 Å². The van der Waals surface area contributed by atoms with Gasteiger partial charge in [0.15, 0.2) is 5.69 Å². The number of amides is 3. The van der Waals surface area contributed by atoms with Gasteiger partial charge in [-0.1, -0.05) is 36.4 Å². The lowest BCUT2D eigenvalue weighted by Crippen LogP contribution is -2.53. The number of para-hydroxylation sites is 2. The van der Waals surface area contributed by atoms with Crippen molar-refractivity contribution in [2.45, 2.75) is 0 Å². The van der Waals surface area contributed by atoms with Crippen molar-refractivity contribution in [2.24, 2.45) is 0 Å². The van der Waals surface area contributed by atoms with Crippen LogP contribution in [-0.2, 0) is 9.59 Å². The van der Waals surface area contributed by atoms with Crippen molar-refractivity contribution in [2.75, 3.05) is 31.5 Å². The van der Waals surface area contributed by atoms with Gasteiger partial charge in [-0.2, -0.15) is 5.10 Å². The zero-order chi connectivity index (χ0) is 22.1. The molecule has 4 aromatic rings. The number of carbonyl (C=O) groups is 3. The highest BCUT2D eigenvalue weighted by molar-refractivity contribution is 6.39. The van der Waals surface area contributed by atoms with E-state index in [9.17, 15) is 14.4 Å². The molecule has 0 aliphatic carbocycles. The number of piperazine rings is 1. The molecule has 3 amide bonds. The molecule has 9 heteroatoms. The number of hydrogen-bond acceptors (Lipinski definition) is 5. The molecule has 3 heterocycles. The summed E-state index contributed by atoms with van der Waals surface area (Å²) in [6.45, 7) is 1.21. The van der Waals surface area contributed by atoms with E-state index in [1.54, 1.807) is 11.0 Å². The van der Waals surface area contributed by atoms with Crippen LogP contribution in [-0.4, -0.2) is 68.9 Å². The Balaban J connectivity index is 1.21. The maximum absolute atomic E-state index is 12.9. The Labute approximate surface area is 183 Å². The Morgan fingerprint density at radius 2 is 1.62 bits per heavy atom. The number of carbonyl (C=O) groups excluding carboxylic acids is 3. The zero-order valence-corrected chi connectivity index (χ0v) is 17.1. The Morgan fingerprint density at radius 3 is 2.47 bits per heavy atom. The molecule has 1 aliphatic heterocycles. The lowest BCUT2D eigenvalue weighted by molar-refractivity contribution is -0.144. The molecular weight excluding hydrogens is 408 g/mol. The zero-order valence-electron chi connectivity index (χ0n) is 17.1. The second kappa shape index (κ2) is 8.10. The van der Waals surface area contributed by atoms with Crippen molar-refractivity contribution in [3.8, 4) is 0 Å². The van der Waals surface area contributed by atoms with E-state index in [0.717, 1.165) is 21.8 Å². The predicted molar refractivity (Wildman–Crippen MR) is 119 cm³/mol. The largest absolute Gasteiger partial charge is 0.334 e. The van der Waals surface area contributed by atoms with E-state index in [1.807, 2.05) is 48.5 Å². The molecule has 2 aromatic heterocycles. The molecule has 0 atom stereocenters. The molecule has 32 heavy (non-hydrogen) atoms. The van der Waals surface area contributed by atoms with Crippen molar-refractivity contribution < 1.29 is 14.4 Å². The number of anilines is 1. The molecule has 0 spiro atoms. The molecule has 0 radical (unpaired) electrons. The first-order valence-corrected chi connectivity index (χ1v) is 10.3. The summed E-state index contributed by atoms with van der Waals surface area (Å²) in [4.78, 5) is 45.4. The van der Waals surface area contributed by atoms with Crippen LogP contribution >= 0.6 is 0 Å². The first-order valence-electron chi connectivity index (χ1n) is 10.3. The Bertz CT molecular complexity index is 1340. The molecule has 2 aromatic carbocycles. The average molecular weight is 428 g/mol. The van der Waals surface area contributed by atoms with Crippen LogP contribution in [0.2, 0.25) is 0 Å². The van der Waals surface area contributed by atoms with E-state index in [1.165, 1.54) is 11.1 Å². The fraction of sp³-hybridized carbons (Fsp3) is 0.174. The average Bonchev–Trinajstić information content (AvgIpc) is 3.27. The number of aromatic nitrogens is 3. The minimum Gasteiger partial charge on any atom is -0.334 e. The van der Waals surface area contributed by atoms with Gasteiger partial charge < -0.3 is 15.1 Å². The van der Waals surface area contributed by atoms with Crippen LogP contribution in [0.3, 0.4) is 0 Å². The monoisotopic (exact) mass is 428 g/mol. The van der Waals surface area contributed by atoms with Crippen molar-refractivity contribution >= 4 is 45.2 Å². The fourth-order valence-corrected chi connectivity index (χ4v) is 3.86. The minimum atomic E-state index is -0.722. The van der Waals surface area contributed by atoms with Crippen LogP contribution < -0.4 is 5.32 Å². The van der Waals surface area contributed by atoms with E-state index in [0.29, 0.717) is 24.5 Å². The molecular formula is C23H20N6O3. The van der Waals surface area contributed by atoms with E-state index < -0.39 is 11.8 Å². The highest BCUT2D eigenvalue weighted by atomic mass is 16.2. The molecule has 9 nitrogen and oxygen atoms in total. The van der Waals surface area contributed by atoms with Gasteiger partial charge in [-0.05, 0) is 18.2 Å². The molecule has 1 saturated heterocycles. The lowest BCUT2D eigenvalue weighted by Gasteiger charge is -2.34. The quantitative estimate of drug-likeness (QED) is 0.475. The highest BCUT2D eigenvalue weighted by Gasteiger charge is 2.29. The van der Waals surface area contributed by atoms with Gasteiger partial charge in [0.1, 0.15) is 0 Å². The van der Waals surface area contributed by atoms with E-state index in [2.05, 4.69) is 20.5 Å². The number of hydrogen-bond donors (Lipinski definition) is 2. The maximum atomic E-state index is 12.9. The number of fused-ring (bicyclic) bond motifs is 2. The number of H-pyrrole nitrogens is 1. The van der Waals surface area contributed by atoms with Gasteiger partial charge in [-0.3, -0.25) is 24.5 Å². The summed E-state index contributed by atoms with van der Waals surface area (Å²) >= 11 is 0. The maximum Gasteiger partial charge on any atom is 0.313 e. The molecule has 2 N–H and O–H groups in total. The summed E-state index contributed by atoms with van der Waals surface area (Å²) in [6, 6.07) is 16.7.